The summed E-state index contributed by atoms with van der Waals surface area (Å²) in [4.78, 5) is 0. The highest BCUT2D eigenvalue weighted by Gasteiger charge is 1.78. The Balaban J connectivity index is 0.000000261. The van der Waals surface area contributed by atoms with Gasteiger partial charge in [-0.1, -0.05) is 36.4 Å². The van der Waals surface area contributed by atoms with E-state index in [1.807, 2.05) is 12.1 Å². The average molecular weight is 284 g/mol. The molecule has 2 aromatic carbocycles. The van der Waals surface area contributed by atoms with Crippen LogP contribution in [0.2, 0.25) is 0 Å². The molecule has 0 aliphatic rings. The molecule has 0 fully saturated rings. The van der Waals surface area contributed by atoms with Crippen molar-refractivity contribution in [3.8, 4) is 11.5 Å². The van der Waals surface area contributed by atoms with Gasteiger partial charge in [0.15, 0.2) is 0 Å². The molecule has 7 heteroatoms. The summed E-state index contributed by atoms with van der Waals surface area (Å²) in [7, 11) is -3.67. The quantitative estimate of drug-likeness (QED) is 0.574. The fourth-order valence-corrected chi connectivity index (χ4v) is 0.856. The summed E-state index contributed by atoms with van der Waals surface area (Å²) >= 11 is 0. The maximum atomic E-state index is 9.19. The smallest absolute Gasteiger partial charge is 0.271 e. The van der Waals surface area contributed by atoms with Crippen LogP contribution >= 0.6 is 0 Å². The molecule has 0 saturated carbocycles. The summed E-state index contributed by atoms with van der Waals surface area (Å²) in [5, 5.41) is 25.5. The van der Waals surface area contributed by atoms with Crippen LogP contribution in [0.15, 0.2) is 60.7 Å². The van der Waals surface area contributed by atoms with Gasteiger partial charge in [-0.2, -0.15) is 8.42 Å². The van der Waals surface area contributed by atoms with Gasteiger partial charge in [0.05, 0.1) is 0 Å². The molecule has 0 radical (unpaired) electrons. The molecule has 0 saturated heterocycles. The second-order valence-electron chi connectivity index (χ2n) is 3.26. The van der Waals surface area contributed by atoms with Crippen molar-refractivity contribution in [3.63, 3.8) is 0 Å². The fourth-order valence-electron chi connectivity index (χ4n) is 0.856. The molecule has 2 rings (SSSR count). The summed E-state index contributed by atoms with van der Waals surface area (Å²) in [6.45, 7) is 0. The maximum Gasteiger partial charge on any atom is 0.271 e. The number of benzene rings is 2. The number of hydrogen-bond donors (Lipinski definition) is 4. The van der Waals surface area contributed by atoms with E-state index >= 15 is 0 Å². The Labute approximate surface area is 112 Å². The molecule has 19 heavy (non-hydrogen) atoms. The van der Waals surface area contributed by atoms with Gasteiger partial charge in [-0.15, -0.1) is 0 Å². The number of nitrogens with two attached hydrogens (primary N) is 2. The third-order valence-corrected chi connectivity index (χ3v) is 1.51. The van der Waals surface area contributed by atoms with Crippen molar-refractivity contribution in [1.82, 2.24) is 0 Å². The van der Waals surface area contributed by atoms with Crippen molar-refractivity contribution in [1.29, 1.82) is 0 Å². The number of aromatic hydroxyl groups is 2. The summed E-state index contributed by atoms with van der Waals surface area (Å²) in [6.07, 6.45) is 0. The topological polar surface area (TPSA) is 127 Å². The highest BCUT2D eigenvalue weighted by Crippen LogP contribution is 2.03. The number of para-hydroxylation sites is 2. The first-order valence-corrected chi connectivity index (χ1v) is 6.68. The van der Waals surface area contributed by atoms with Crippen LogP contribution in [0, 0.1) is 0 Å². The van der Waals surface area contributed by atoms with Crippen LogP contribution in [0.1, 0.15) is 0 Å². The second kappa shape index (κ2) is 8.92. The Hall–Kier alpha value is -2.09. The Kier molecular flexibility index (Phi) is 7.94. The van der Waals surface area contributed by atoms with Gasteiger partial charge in [0, 0.05) is 0 Å². The van der Waals surface area contributed by atoms with E-state index in [0.29, 0.717) is 11.5 Å². The molecule has 0 aliphatic carbocycles. The normalized spacial score (nSPS) is 9.37. The Morgan fingerprint density at radius 2 is 0.895 bits per heavy atom. The van der Waals surface area contributed by atoms with Crippen molar-refractivity contribution in [2.75, 3.05) is 0 Å². The van der Waals surface area contributed by atoms with E-state index in [4.69, 9.17) is 10.2 Å². The van der Waals surface area contributed by atoms with Crippen LogP contribution in [-0.4, -0.2) is 18.6 Å². The van der Waals surface area contributed by atoms with Crippen LogP contribution in [0.25, 0.3) is 0 Å². The third-order valence-electron chi connectivity index (χ3n) is 1.51. The highest BCUT2D eigenvalue weighted by atomic mass is 32.2. The second-order valence-corrected chi connectivity index (χ2v) is 4.44. The minimum absolute atomic E-state index is 0.322. The van der Waals surface area contributed by atoms with Gasteiger partial charge >= 0.3 is 0 Å². The van der Waals surface area contributed by atoms with Crippen LogP contribution in [0.5, 0.6) is 11.5 Å². The van der Waals surface area contributed by atoms with Crippen molar-refractivity contribution in [3.05, 3.63) is 60.7 Å². The standard InChI is InChI=1S/2C6H6O.H4N2O2S/c2*7-6-4-2-1-3-5-6;1-5(2,3)4/h2*1-5,7H;(H4,1,2,3,4). The molecular formula is C12H16N2O4S. The monoisotopic (exact) mass is 284 g/mol. The zero-order valence-corrected chi connectivity index (χ0v) is 10.9. The lowest BCUT2D eigenvalue weighted by Gasteiger charge is -1.82. The Bertz CT molecular complexity index is 499. The molecule has 0 unspecified atom stereocenters. The molecule has 0 aliphatic heterocycles. The molecule has 0 atom stereocenters. The molecule has 0 bridgehead atoms. The van der Waals surface area contributed by atoms with Crippen molar-refractivity contribution in [2.45, 2.75) is 0 Å². The van der Waals surface area contributed by atoms with Gasteiger partial charge in [-0.05, 0) is 24.3 Å². The fraction of sp³-hybridized carbons (Fsp3) is 0. The van der Waals surface area contributed by atoms with E-state index < -0.39 is 10.2 Å². The summed E-state index contributed by atoms with van der Waals surface area (Å²) in [6, 6.07) is 17.4. The van der Waals surface area contributed by atoms with Crippen LogP contribution in [0.3, 0.4) is 0 Å². The van der Waals surface area contributed by atoms with Crippen LogP contribution < -0.4 is 10.3 Å². The largest absolute Gasteiger partial charge is 0.508 e. The van der Waals surface area contributed by atoms with Crippen molar-refractivity contribution >= 4 is 10.2 Å². The molecule has 0 heterocycles. The summed E-state index contributed by atoms with van der Waals surface area (Å²) < 4.78 is 18.4. The maximum absolute atomic E-state index is 9.19. The van der Waals surface area contributed by atoms with Gasteiger partial charge in [0.25, 0.3) is 10.2 Å². The molecular weight excluding hydrogens is 268 g/mol. The van der Waals surface area contributed by atoms with Crippen LogP contribution in [-0.2, 0) is 10.2 Å². The van der Waals surface area contributed by atoms with Gasteiger partial charge in [0.1, 0.15) is 11.5 Å². The van der Waals surface area contributed by atoms with E-state index in [1.165, 1.54) is 0 Å². The van der Waals surface area contributed by atoms with E-state index in [1.54, 1.807) is 48.5 Å². The van der Waals surface area contributed by atoms with E-state index in [-0.39, 0.29) is 0 Å². The van der Waals surface area contributed by atoms with E-state index in [2.05, 4.69) is 10.3 Å². The third kappa shape index (κ3) is 15.9. The summed E-state index contributed by atoms with van der Waals surface area (Å²) in [5.74, 6) is 0.644. The lowest BCUT2D eigenvalue weighted by Crippen LogP contribution is -2.21. The molecule has 0 aromatic heterocycles. The van der Waals surface area contributed by atoms with Crippen LogP contribution in [0.4, 0.5) is 0 Å². The zero-order chi connectivity index (χ0) is 14.7. The molecule has 104 valence electrons. The molecule has 6 N–H and O–H groups in total. The predicted molar refractivity (Wildman–Crippen MR) is 73.5 cm³/mol. The van der Waals surface area contributed by atoms with Gasteiger partial charge in [-0.25, -0.2) is 10.3 Å². The number of rotatable bonds is 0. The van der Waals surface area contributed by atoms with E-state index in [0.717, 1.165) is 0 Å². The average Bonchev–Trinajstić information content (AvgIpc) is 2.29. The molecule has 6 nitrogen and oxygen atoms in total. The van der Waals surface area contributed by atoms with Gasteiger partial charge in [0.2, 0.25) is 0 Å². The first-order valence-electron chi connectivity index (χ1n) is 5.07. The molecule has 0 spiro atoms. The molecule has 0 amide bonds. The SMILES string of the molecule is NS(N)(=O)=O.Oc1ccccc1.Oc1ccccc1. The number of hydrogen-bond acceptors (Lipinski definition) is 4. The predicted octanol–water partition coefficient (Wildman–Crippen LogP) is 0.933. The molecule has 2 aromatic rings. The minimum atomic E-state index is -3.67. The van der Waals surface area contributed by atoms with Gasteiger partial charge in [-0.3, -0.25) is 0 Å². The number of phenols is 2. The first-order chi connectivity index (χ1) is 8.79. The number of phenolic OH excluding ortho intramolecular Hbond substituents is 2. The van der Waals surface area contributed by atoms with Gasteiger partial charge < -0.3 is 10.2 Å². The lowest BCUT2D eigenvalue weighted by molar-refractivity contribution is 0.475. The summed E-state index contributed by atoms with van der Waals surface area (Å²) in [5.41, 5.74) is 0. The lowest BCUT2D eigenvalue weighted by atomic mass is 10.3. The Morgan fingerprint density at radius 1 is 0.684 bits per heavy atom. The highest BCUT2D eigenvalue weighted by molar-refractivity contribution is 7.86. The minimum Gasteiger partial charge on any atom is -0.508 e. The van der Waals surface area contributed by atoms with E-state index in [9.17, 15) is 8.42 Å². The first kappa shape index (κ1) is 16.9. The van der Waals surface area contributed by atoms with Crippen molar-refractivity contribution < 1.29 is 18.6 Å². The Morgan fingerprint density at radius 3 is 1.00 bits per heavy atom. The van der Waals surface area contributed by atoms with Crippen molar-refractivity contribution in [2.24, 2.45) is 10.3 Å². The zero-order valence-electron chi connectivity index (χ0n) is 10.0.